The van der Waals surface area contributed by atoms with Gasteiger partial charge in [-0.2, -0.15) is 10.5 Å². The summed E-state index contributed by atoms with van der Waals surface area (Å²) in [5.74, 6) is 0. The molecule has 2 heteroatoms. The third-order valence-electron chi connectivity index (χ3n) is 2.36. The van der Waals surface area contributed by atoms with E-state index in [0.29, 0.717) is 0 Å². The molecule has 0 N–H and O–H groups in total. The normalized spacial score (nSPS) is 11.6. The highest BCUT2D eigenvalue weighted by Gasteiger charge is 2.28. The van der Waals surface area contributed by atoms with E-state index >= 15 is 0 Å². The highest BCUT2D eigenvalue weighted by atomic mass is 14.4. The van der Waals surface area contributed by atoms with Crippen molar-refractivity contribution in [2.45, 2.75) is 13.8 Å². The third kappa shape index (κ3) is 2.06. The van der Waals surface area contributed by atoms with Gasteiger partial charge < -0.3 is 0 Å². The van der Waals surface area contributed by atoms with Crippen LogP contribution in [-0.4, -0.2) is 0 Å². The van der Waals surface area contributed by atoms with Crippen LogP contribution in [0.5, 0.6) is 0 Å². The summed E-state index contributed by atoms with van der Waals surface area (Å²) in [6.07, 6.45) is 1.82. The molecule has 0 fully saturated rings. The minimum atomic E-state index is -1.07. The second kappa shape index (κ2) is 4.44. The minimum Gasteiger partial charge on any atom is -0.196 e. The smallest absolute Gasteiger partial charge is 0.166 e. The molecule has 74 valence electrons. The number of nitriles is 2. The van der Waals surface area contributed by atoms with Crippen LogP contribution in [0.1, 0.15) is 19.4 Å². The summed E-state index contributed by atoms with van der Waals surface area (Å²) in [5, 5.41) is 18.1. The lowest BCUT2D eigenvalue weighted by atomic mass is 9.81. The van der Waals surface area contributed by atoms with Crippen LogP contribution in [0.15, 0.2) is 36.4 Å². The number of benzene rings is 1. The molecule has 0 aliphatic carbocycles. The molecule has 2 nitrogen and oxygen atoms in total. The zero-order valence-corrected chi connectivity index (χ0v) is 8.86. The second-order valence-corrected chi connectivity index (χ2v) is 3.42. The Hall–Kier alpha value is -2.06. The van der Waals surface area contributed by atoms with E-state index in [0.717, 1.165) is 11.1 Å². The summed E-state index contributed by atoms with van der Waals surface area (Å²) in [4.78, 5) is 0. The Bertz CT molecular complexity index is 430. The molecule has 0 bridgehead atoms. The molecule has 0 aromatic heterocycles. The molecule has 0 heterocycles. The molecule has 0 saturated carbocycles. The molecule has 0 spiro atoms. The summed E-state index contributed by atoms with van der Waals surface area (Å²) in [5.41, 5.74) is 0.606. The van der Waals surface area contributed by atoms with Crippen molar-refractivity contribution in [1.29, 1.82) is 10.5 Å². The molecule has 0 aliphatic rings. The Morgan fingerprint density at radius 3 is 2.13 bits per heavy atom. The predicted octanol–water partition coefficient (Wildman–Crippen LogP) is 3.14. The van der Waals surface area contributed by atoms with E-state index < -0.39 is 5.41 Å². The number of nitrogens with zero attached hydrogens (tertiary/aromatic N) is 2. The van der Waals surface area contributed by atoms with E-state index in [9.17, 15) is 0 Å². The molecule has 0 aliphatic heterocycles. The maximum Gasteiger partial charge on any atom is 0.166 e. The average molecular weight is 196 g/mol. The fourth-order valence-electron chi connectivity index (χ4n) is 1.51. The SMILES string of the molecule is C/C=C(\c1ccccc1)C(C)(C#N)C#N. The van der Waals surface area contributed by atoms with E-state index in [-0.39, 0.29) is 0 Å². The first-order chi connectivity index (χ1) is 7.18. The van der Waals surface area contributed by atoms with Gasteiger partial charge >= 0.3 is 0 Å². The van der Waals surface area contributed by atoms with Crippen LogP contribution < -0.4 is 0 Å². The van der Waals surface area contributed by atoms with Gasteiger partial charge in [0.15, 0.2) is 5.41 Å². The highest BCUT2D eigenvalue weighted by Crippen LogP contribution is 2.33. The van der Waals surface area contributed by atoms with Gasteiger partial charge in [-0.15, -0.1) is 0 Å². The molecule has 0 atom stereocenters. The molecule has 15 heavy (non-hydrogen) atoms. The molecule has 1 rings (SSSR count). The van der Waals surface area contributed by atoms with Crippen molar-refractivity contribution in [2.75, 3.05) is 0 Å². The molecule has 0 amide bonds. The monoisotopic (exact) mass is 196 g/mol. The van der Waals surface area contributed by atoms with Gasteiger partial charge in [0, 0.05) is 0 Å². The van der Waals surface area contributed by atoms with Crippen molar-refractivity contribution in [3.63, 3.8) is 0 Å². The van der Waals surface area contributed by atoms with Crippen LogP contribution in [0.25, 0.3) is 5.57 Å². The molecule has 1 aromatic rings. The topological polar surface area (TPSA) is 47.6 Å². The predicted molar refractivity (Wildman–Crippen MR) is 59.4 cm³/mol. The summed E-state index contributed by atoms with van der Waals surface area (Å²) in [6, 6.07) is 13.6. The van der Waals surface area contributed by atoms with Crippen LogP contribution in [0.4, 0.5) is 0 Å². The van der Waals surface area contributed by atoms with Gasteiger partial charge in [-0.25, -0.2) is 0 Å². The molecule has 0 unspecified atom stereocenters. The molecule has 0 saturated heterocycles. The van der Waals surface area contributed by atoms with Crippen molar-refractivity contribution in [2.24, 2.45) is 5.41 Å². The largest absolute Gasteiger partial charge is 0.196 e. The van der Waals surface area contributed by atoms with E-state index in [1.807, 2.05) is 55.5 Å². The zero-order chi connectivity index (χ0) is 11.3. The molecule has 0 radical (unpaired) electrons. The van der Waals surface area contributed by atoms with E-state index in [4.69, 9.17) is 10.5 Å². The average Bonchev–Trinajstić information content (AvgIpc) is 2.31. The van der Waals surface area contributed by atoms with Crippen LogP contribution in [0.2, 0.25) is 0 Å². The maximum atomic E-state index is 9.03. The van der Waals surface area contributed by atoms with Crippen LogP contribution in [0.3, 0.4) is 0 Å². The van der Waals surface area contributed by atoms with E-state index in [1.165, 1.54) is 0 Å². The number of hydrogen-bond acceptors (Lipinski definition) is 2. The summed E-state index contributed by atoms with van der Waals surface area (Å²) < 4.78 is 0. The first-order valence-corrected chi connectivity index (χ1v) is 4.72. The van der Waals surface area contributed by atoms with Crippen molar-refractivity contribution in [3.8, 4) is 12.1 Å². The lowest BCUT2D eigenvalue weighted by Crippen LogP contribution is -2.13. The lowest BCUT2D eigenvalue weighted by Gasteiger charge is -2.17. The number of allylic oxidation sites excluding steroid dienone is 2. The first-order valence-electron chi connectivity index (χ1n) is 4.72. The van der Waals surface area contributed by atoms with Crippen LogP contribution in [-0.2, 0) is 0 Å². The summed E-state index contributed by atoms with van der Waals surface area (Å²) in [7, 11) is 0. The molecular formula is C13H12N2. The van der Waals surface area contributed by atoms with Gasteiger partial charge in [0.1, 0.15) is 0 Å². The van der Waals surface area contributed by atoms with Crippen molar-refractivity contribution >= 4 is 5.57 Å². The third-order valence-corrected chi connectivity index (χ3v) is 2.36. The lowest BCUT2D eigenvalue weighted by molar-refractivity contribution is 0.777. The van der Waals surface area contributed by atoms with Crippen LogP contribution >= 0.6 is 0 Å². The molecular weight excluding hydrogens is 184 g/mol. The second-order valence-electron chi connectivity index (χ2n) is 3.42. The fraction of sp³-hybridized carbons (Fsp3) is 0.231. The van der Waals surface area contributed by atoms with Crippen molar-refractivity contribution in [3.05, 3.63) is 42.0 Å². The maximum absolute atomic E-state index is 9.03. The summed E-state index contributed by atoms with van der Waals surface area (Å²) in [6.45, 7) is 3.48. The van der Waals surface area contributed by atoms with E-state index in [1.54, 1.807) is 6.92 Å². The Morgan fingerprint density at radius 2 is 1.73 bits per heavy atom. The van der Waals surface area contributed by atoms with Gasteiger partial charge in [-0.05, 0) is 25.0 Å². The standard InChI is InChI=1S/C13H12N2/c1-3-12(13(2,9-14)10-15)11-7-5-4-6-8-11/h3-8H,1-2H3/b12-3+. The first kappa shape index (κ1) is 11.0. The Morgan fingerprint density at radius 1 is 1.20 bits per heavy atom. The Labute approximate surface area is 90.1 Å². The Balaban J connectivity index is 3.26. The van der Waals surface area contributed by atoms with Crippen molar-refractivity contribution < 1.29 is 0 Å². The van der Waals surface area contributed by atoms with Gasteiger partial charge in [0.05, 0.1) is 12.1 Å². The van der Waals surface area contributed by atoms with Gasteiger partial charge in [-0.3, -0.25) is 0 Å². The molecule has 1 aromatic carbocycles. The van der Waals surface area contributed by atoms with Gasteiger partial charge in [0.2, 0.25) is 0 Å². The number of hydrogen-bond donors (Lipinski definition) is 0. The Kier molecular flexibility index (Phi) is 3.26. The minimum absolute atomic E-state index is 0.758. The number of rotatable bonds is 2. The summed E-state index contributed by atoms with van der Waals surface area (Å²) >= 11 is 0. The highest BCUT2D eigenvalue weighted by molar-refractivity contribution is 5.74. The zero-order valence-electron chi connectivity index (χ0n) is 8.86. The quantitative estimate of drug-likeness (QED) is 0.729. The van der Waals surface area contributed by atoms with E-state index in [2.05, 4.69) is 0 Å². The van der Waals surface area contributed by atoms with Gasteiger partial charge in [0.25, 0.3) is 0 Å². The van der Waals surface area contributed by atoms with Gasteiger partial charge in [-0.1, -0.05) is 36.4 Å². The van der Waals surface area contributed by atoms with Crippen LogP contribution in [0, 0.1) is 28.1 Å². The fourth-order valence-corrected chi connectivity index (χ4v) is 1.51. The van der Waals surface area contributed by atoms with Crippen molar-refractivity contribution in [1.82, 2.24) is 0 Å².